The average Bonchev–Trinajstić information content (AvgIpc) is 3.15. The highest BCUT2D eigenvalue weighted by Crippen LogP contribution is 2.31. The van der Waals surface area contributed by atoms with E-state index in [4.69, 9.17) is 20.9 Å². The van der Waals surface area contributed by atoms with Gasteiger partial charge in [-0.3, -0.25) is 0 Å². The number of nitrogens with zero attached hydrogens (tertiary/aromatic N) is 2. The smallest absolute Gasteiger partial charge is 0.338 e. The van der Waals surface area contributed by atoms with Gasteiger partial charge in [-0.2, -0.15) is 4.98 Å². The summed E-state index contributed by atoms with van der Waals surface area (Å²) in [5.41, 5.74) is -0.751. The Balaban J connectivity index is 1.65. The third-order valence-corrected chi connectivity index (χ3v) is 4.04. The van der Waals surface area contributed by atoms with E-state index in [1.807, 2.05) is 0 Å². The van der Waals surface area contributed by atoms with Gasteiger partial charge in [-0.05, 0) is 37.8 Å². The van der Waals surface area contributed by atoms with Gasteiger partial charge in [0, 0.05) is 0 Å². The topological polar surface area (TPSA) is 85.5 Å². The van der Waals surface area contributed by atoms with Gasteiger partial charge < -0.3 is 14.4 Å². The van der Waals surface area contributed by atoms with Crippen LogP contribution in [0.4, 0.5) is 0 Å². The second kappa shape index (κ2) is 6.06. The fraction of sp³-hybridized carbons (Fsp3) is 0.400. The molecule has 1 fully saturated rings. The van der Waals surface area contributed by atoms with Gasteiger partial charge in [0.1, 0.15) is 0 Å². The van der Waals surface area contributed by atoms with Crippen LogP contribution in [0, 0.1) is 0 Å². The van der Waals surface area contributed by atoms with E-state index in [0.717, 1.165) is 12.8 Å². The highest BCUT2D eigenvalue weighted by Gasteiger charge is 2.40. The predicted octanol–water partition coefficient (Wildman–Crippen LogP) is 2.74. The number of rotatable bonds is 4. The number of ether oxygens (including phenoxy) is 1. The molecule has 0 aliphatic heterocycles. The number of halogens is 1. The molecule has 1 aliphatic rings. The normalized spacial score (nSPS) is 16.6. The zero-order valence-electron chi connectivity index (χ0n) is 11.8. The monoisotopic (exact) mass is 322 g/mol. The van der Waals surface area contributed by atoms with Crippen LogP contribution in [-0.2, 0) is 16.1 Å². The third-order valence-electron chi connectivity index (χ3n) is 3.72. The van der Waals surface area contributed by atoms with Crippen LogP contribution in [0.2, 0.25) is 5.02 Å². The molecule has 116 valence electrons. The van der Waals surface area contributed by atoms with Gasteiger partial charge in [-0.25, -0.2) is 4.79 Å². The van der Waals surface area contributed by atoms with Crippen molar-refractivity contribution in [3.8, 4) is 11.5 Å². The predicted molar refractivity (Wildman–Crippen MR) is 78.0 cm³/mol. The summed E-state index contributed by atoms with van der Waals surface area (Å²) in [6, 6.07) is 7.08. The van der Waals surface area contributed by atoms with Crippen LogP contribution in [0.1, 0.15) is 31.5 Å². The maximum Gasteiger partial charge on any atom is 0.338 e. The lowest BCUT2D eigenvalue weighted by molar-refractivity contribution is -0.166. The molecule has 0 bridgehead atoms. The number of carbonyl (C=O) groups excluding carboxylic acids is 1. The van der Waals surface area contributed by atoms with Crippen LogP contribution >= 0.6 is 11.6 Å². The lowest BCUT2D eigenvalue weighted by Gasteiger charge is -2.18. The van der Waals surface area contributed by atoms with Crippen molar-refractivity contribution in [2.75, 3.05) is 0 Å². The van der Waals surface area contributed by atoms with E-state index in [9.17, 15) is 9.90 Å². The third kappa shape index (κ3) is 2.98. The summed E-state index contributed by atoms with van der Waals surface area (Å²) in [5.74, 6) is -0.143. The maximum atomic E-state index is 11.9. The number of hydrogen-bond acceptors (Lipinski definition) is 6. The second-order valence-electron chi connectivity index (χ2n) is 5.31. The van der Waals surface area contributed by atoms with Crippen molar-refractivity contribution in [3.63, 3.8) is 0 Å². The summed E-state index contributed by atoms with van der Waals surface area (Å²) in [6.07, 6.45) is 2.51. The molecule has 0 radical (unpaired) electrons. The highest BCUT2D eigenvalue weighted by atomic mass is 35.5. The van der Waals surface area contributed by atoms with Gasteiger partial charge in [-0.15, -0.1) is 0 Å². The average molecular weight is 323 g/mol. The van der Waals surface area contributed by atoms with Gasteiger partial charge in [0.15, 0.2) is 12.2 Å². The number of carbonyl (C=O) groups is 1. The van der Waals surface area contributed by atoms with E-state index in [-0.39, 0.29) is 18.3 Å². The minimum atomic E-state index is -1.37. The molecule has 0 amide bonds. The van der Waals surface area contributed by atoms with Crippen LogP contribution in [0.25, 0.3) is 11.5 Å². The standard InChI is InChI=1S/C15H15ClN2O4/c16-11-6-2-1-5-10(11)13-17-12(18-22-13)9-21-14(19)15(20)7-3-4-8-15/h1-2,5-6,20H,3-4,7-9H2. The Labute approximate surface area is 132 Å². The van der Waals surface area contributed by atoms with Crippen molar-refractivity contribution in [3.05, 3.63) is 35.1 Å². The summed E-state index contributed by atoms with van der Waals surface area (Å²) >= 11 is 6.05. The number of aromatic nitrogens is 2. The molecule has 1 aliphatic carbocycles. The van der Waals surface area contributed by atoms with Crippen molar-refractivity contribution >= 4 is 17.6 Å². The van der Waals surface area contributed by atoms with Gasteiger partial charge in [0.25, 0.3) is 5.89 Å². The van der Waals surface area contributed by atoms with Crippen molar-refractivity contribution in [1.82, 2.24) is 10.1 Å². The molecule has 1 heterocycles. The lowest BCUT2D eigenvalue weighted by Crippen LogP contribution is -2.36. The lowest BCUT2D eigenvalue weighted by atomic mass is 10.0. The molecule has 1 aromatic carbocycles. The molecule has 6 nitrogen and oxygen atoms in total. The minimum absolute atomic E-state index is 0.144. The Hall–Kier alpha value is -1.92. The summed E-state index contributed by atoms with van der Waals surface area (Å²) < 4.78 is 10.2. The molecule has 0 unspecified atom stereocenters. The van der Waals surface area contributed by atoms with Crippen LogP contribution in [0.3, 0.4) is 0 Å². The van der Waals surface area contributed by atoms with Gasteiger partial charge in [0.05, 0.1) is 10.6 Å². The first kappa shape index (κ1) is 15.0. The maximum absolute atomic E-state index is 11.9. The van der Waals surface area contributed by atoms with Crippen molar-refractivity contribution in [2.45, 2.75) is 37.9 Å². The van der Waals surface area contributed by atoms with E-state index < -0.39 is 11.6 Å². The van der Waals surface area contributed by atoms with E-state index in [0.29, 0.717) is 23.4 Å². The molecule has 0 saturated heterocycles. The SMILES string of the molecule is O=C(OCc1noc(-c2ccccc2Cl)n1)C1(O)CCCC1. The summed E-state index contributed by atoms with van der Waals surface area (Å²) in [7, 11) is 0. The number of benzene rings is 1. The zero-order valence-corrected chi connectivity index (χ0v) is 12.5. The Morgan fingerprint density at radius 3 is 2.82 bits per heavy atom. The van der Waals surface area contributed by atoms with E-state index in [1.165, 1.54) is 0 Å². The van der Waals surface area contributed by atoms with Crippen LogP contribution in [0.5, 0.6) is 0 Å². The van der Waals surface area contributed by atoms with E-state index in [1.54, 1.807) is 24.3 Å². The summed E-state index contributed by atoms with van der Waals surface area (Å²) in [5, 5.41) is 14.3. The molecule has 2 aromatic rings. The van der Waals surface area contributed by atoms with Crippen LogP contribution in [-0.4, -0.2) is 26.8 Å². The quantitative estimate of drug-likeness (QED) is 0.871. The Morgan fingerprint density at radius 2 is 2.09 bits per heavy atom. The fourth-order valence-corrected chi connectivity index (χ4v) is 2.70. The number of aliphatic hydroxyl groups is 1. The molecule has 1 N–H and O–H groups in total. The molecule has 3 rings (SSSR count). The zero-order chi connectivity index (χ0) is 15.6. The molecule has 1 aromatic heterocycles. The molecule has 0 atom stereocenters. The molecular weight excluding hydrogens is 308 g/mol. The first-order chi connectivity index (χ1) is 10.6. The largest absolute Gasteiger partial charge is 0.455 e. The number of esters is 1. The molecule has 7 heteroatoms. The molecule has 22 heavy (non-hydrogen) atoms. The minimum Gasteiger partial charge on any atom is -0.455 e. The van der Waals surface area contributed by atoms with Gasteiger partial charge in [-0.1, -0.05) is 28.9 Å². The first-order valence-electron chi connectivity index (χ1n) is 7.06. The molecule has 1 saturated carbocycles. The van der Waals surface area contributed by atoms with Crippen LogP contribution < -0.4 is 0 Å². The van der Waals surface area contributed by atoms with Crippen molar-refractivity contribution < 1.29 is 19.2 Å². The first-order valence-corrected chi connectivity index (χ1v) is 7.43. The summed E-state index contributed by atoms with van der Waals surface area (Å²) in [4.78, 5) is 16.0. The van der Waals surface area contributed by atoms with Crippen molar-refractivity contribution in [1.29, 1.82) is 0 Å². The second-order valence-corrected chi connectivity index (χ2v) is 5.72. The Kier molecular flexibility index (Phi) is 4.13. The van der Waals surface area contributed by atoms with Gasteiger partial charge >= 0.3 is 5.97 Å². The highest BCUT2D eigenvalue weighted by molar-refractivity contribution is 6.33. The van der Waals surface area contributed by atoms with E-state index in [2.05, 4.69) is 10.1 Å². The Morgan fingerprint density at radius 1 is 1.36 bits per heavy atom. The van der Waals surface area contributed by atoms with E-state index >= 15 is 0 Å². The van der Waals surface area contributed by atoms with Crippen molar-refractivity contribution in [2.24, 2.45) is 0 Å². The van der Waals surface area contributed by atoms with Crippen LogP contribution in [0.15, 0.2) is 28.8 Å². The number of hydrogen-bond donors (Lipinski definition) is 1. The molecule has 0 spiro atoms. The fourth-order valence-electron chi connectivity index (χ4n) is 2.49. The summed E-state index contributed by atoms with van der Waals surface area (Å²) in [6.45, 7) is -0.144. The Bertz CT molecular complexity index is 680. The molecular formula is C15H15ClN2O4. The van der Waals surface area contributed by atoms with Gasteiger partial charge in [0.2, 0.25) is 5.82 Å².